The molecule has 11 heavy (non-hydrogen) atoms. The lowest BCUT2D eigenvalue weighted by Crippen LogP contribution is -2.09. The Balaban J connectivity index is 4.08. The molecule has 0 unspecified atom stereocenters. The normalized spacial score (nSPS) is 13.1. The minimum Gasteiger partial charge on any atom is -0.103 e. The molecule has 0 aliphatic heterocycles. The molecule has 0 heteroatoms. The molecule has 0 saturated carbocycles. The van der Waals surface area contributed by atoms with Gasteiger partial charge in [0.2, 0.25) is 0 Å². The molecule has 0 radical (unpaired) electrons. The lowest BCUT2D eigenvalue weighted by molar-refractivity contribution is 0.440. The lowest BCUT2D eigenvalue weighted by Gasteiger charge is -2.20. The van der Waals surface area contributed by atoms with Gasteiger partial charge in [-0.2, -0.15) is 0 Å². The number of hydrogen-bond acceptors (Lipinski definition) is 0. The van der Waals surface area contributed by atoms with Crippen LogP contribution in [0.5, 0.6) is 0 Å². The molecule has 0 aromatic rings. The fourth-order valence-corrected chi connectivity index (χ4v) is 1.35. The average molecular weight is 152 g/mol. The predicted molar refractivity (Wildman–Crippen MR) is 52.6 cm³/mol. The zero-order valence-corrected chi connectivity index (χ0v) is 8.06. The van der Waals surface area contributed by atoms with Crippen LogP contribution in [0.4, 0.5) is 0 Å². The Morgan fingerprint density at radius 3 is 2.27 bits per heavy atom. The molecule has 0 fully saturated rings. The molecule has 64 valence electrons. The zero-order chi connectivity index (χ0) is 8.85. The number of rotatable bonds is 5. The molecule has 0 aliphatic carbocycles. The van der Waals surface area contributed by atoms with E-state index in [4.69, 9.17) is 0 Å². The molecule has 0 heterocycles. The predicted octanol–water partition coefficient (Wildman–Crippen LogP) is 3.80. The summed E-state index contributed by atoms with van der Waals surface area (Å²) in [6.07, 6.45) is 4.16. The Morgan fingerprint density at radius 2 is 2.00 bits per heavy atom. The SMILES string of the molecule is C=CC[C@H](C(=C)CC)C(C)C. The smallest absolute Gasteiger partial charge is 0.0148 e. The summed E-state index contributed by atoms with van der Waals surface area (Å²) in [4.78, 5) is 0. The second-order valence-electron chi connectivity index (χ2n) is 3.39. The van der Waals surface area contributed by atoms with Crippen LogP contribution in [-0.2, 0) is 0 Å². The number of hydrogen-bond donors (Lipinski definition) is 0. The van der Waals surface area contributed by atoms with E-state index >= 15 is 0 Å². The Morgan fingerprint density at radius 1 is 1.45 bits per heavy atom. The van der Waals surface area contributed by atoms with E-state index in [-0.39, 0.29) is 0 Å². The van der Waals surface area contributed by atoms with Crippen LogP contribution in [0.2, 0.25) is 0 Å². The summed E-state index contributed by atoms with van der Waals surface area (Å²) in [5, 5.41) is 0. The molecule has 0 aliphatic rings. The van der Waals surface area contributed by atoms with Gasteiger partial charge in [-0.3, -0.25) is 0 Å². The zero-order valence-electron chi connectivity index (χ0n) is 8.06. The van der Waals surface area contributed by atoms with Crippen LogP contribution < -0.4 is 0 Å². The fraction of sp³-hybridized carbons (Fsp3) is 0.636. The molecule has 0 spiro atoms. The van der Waals surface area contributed by atoms with Crippen molar-refractivity contribution in [1.82, 2.24) is 0 Å². The maximum Gasteiger partial charge on any atom is -0.0148 e. The molecule has 0 aromatic heterocycles. The third-order valence-electron chi connectivity index (χ3n) is 2.20. The quantitative estimate of drug-likeness (QED) is 0.526. The second kappa shape index (κ2) is 5.17. The van der Waals surface area contributed by atoms with E-state index in [1.54, 1.807) is 0 Å². The van der Waals surface area contributed by atoms with Gasteiger partial charge in [0, 0.05) is 0 Å². The van der Waals surface area contributed by atoms with Crippen LogP contribution in [0, 0.1) is 11.8 Å². The van der Waals surface area contributed by atoms with Crippen LogP contribution in [0.3, 0.4) is 0 Å². The van der Waals surface area contributed by atoms with Gasteiger partial charge in [-0.1, -0.05) is 39.0 Å². The summed E-state index contributed by atoms with van der Waals surface area (Å²) in [5.74, 6) is 1.33. The largest absolute Gasteiger partial charge is 0.103 e. The van der Waals surface area contributed by atoms with Crippen molar-refractivity contribution in [1.29, 1.82) is 0 Å². The van der Waals surface area contributed by atoms with Crippen molar-refractivity contribution in [2.45, 2.75) is 33.6 Å². The van der Waals surface area contributed by atoms with Gasteiger partial charge in [-0.25, -0.2) is 0 Å². The van der Waals surface area contributed by atoms with E-state index in [1.165, 1.54) is 5.57 Å². The van der Waals surface area contributed by atoms with Crippen LogP contribution in [0.1, 0.15) is 33.6 Å². The molecular weight excluding hydrogens is 132 g/mol. The average Bonchev–Trinajstić information content (AvgIpc) is 1.98. The monoisotopic (exact) mass is 152 g/mol. The first-order chi connectivity index (χ1) is 5.13. The fourth-order valence-electron chi connectivity index (χ4n) is 1.35. The van der Waals surface area contributed by atoms with E-state index < -0.39 is 0 Å². The summed E-state index contributed by atoms with van der Waals surface area (Å²) >= 11 is 0. The maximum absolute atomic E-state index is 4.07. The van der Waals surface area contributed by atoms with Gasteiger partial charge >= 0.3 is 0 Å². The van der Waals surface area contributed by atoms with Gasteiger partial charge in [0.25, 0.3) is 0 Å². The van der Waals surface area contributed by atoms with E-state index in [0.717, 1.165) is 12.8 Å². The first-order valence-electron chi connectivity index (χ1n) is 4.42. The Hall–Kier alpha value is -0.520. The molecule has 0 bridgehead atoms. The van der Waals surface area contributed by atoms with Crippen molar-refractivity contribution in [3.05, 3.63) is 24.8 Å². The summed E-state index contributed by atoms with van der Waals surface area (Å²) in [6.45, 7) is 14.5. The van der Waals surface area contributed by atoms with Crippen LogP contribution in [-0.4, -0.2) is 0 Å². The second-order valence-corrected chi connectivity index (χ2v) is 3.39. The Kier molecular flexibility index (Phi) is 4.93. The molecule has 0 saturated heterocycles. The Labute approximate surface area is 71.0 Å². The van der Waals surface area contributed by atoms with E-state index in [9.17, 15) is 0 Å². The van der Waals surface area contributed by atoms with Gasteiger partial charge in [0.05, 0.1) is 0 Å². The minimum atomic E-state index is 0.637. The van der Waals surface area contributed by atoms with Crippen molar-refractivity contribution in [2.24, 2.45) is 11.8 Å². The summed E-state index contributed by atoms with van der Waals surface area (Å²) in [7, 11) is 0. The van der Waals surface area contributed by atoms with Gasteiger partial charge in [-0.15, -0.1) is 6.58 Å². The summed E-state index contributed by atoms with van der Waals surface area (Å²) < 4.78 is 0. The highest BCUT2D eigenvalue weighted by atomic mass is 14.2. The first-order valence-corrected chi connectivity index (χ1v) is 4.42. The van der Waals surface area contributed by atoms with Crippen LogP contribution >= 0.6 is 0 Å². The van der Waals surface area contributed by atoms with Crippen molar-refractivity contribution in [3.63, 3.8) is 0 Å². The third kappa shape index (κ3) is 3.41. The molecule has 1 atom stereocenters. The molecule has 0 N–H and O–H groups in total. The van der Waals surface area contributed by atoms with Gasteiger partial charge in [-0.05, 0) is 24.7 Å². The standard InChI is InChI=1S/C11H20/c1-6-8-11(9(3)4)10(5)7-2/h6,9,11H,1,5,7-8H2,2-4H3/t11-/m0/s1. The van der Waals surface area contributed by atoms with Crippen molar-refractivity contribution >= 4 is 0 Å². The Bertz CT molecular complexity index is 131. The number of allylic oxidation sites excluding steroid dienone is 2. The van der Waals surface area contributed by atoms with Gasteiger partial charge in [0.15, 0.2) is 0 Å². The summed E-state index contributed by atoms with van der Waals surface area (Å²) in [5.41, 5.74) is 1.36. The molecule has 0 amide bonds. The van der Waals surface area contributed by atoms with E-state index in [0.29, 0.717) is 11.8 Å². The molecular formula is C11H20. The lowest BCUT2D eigenvalue weighted by atomic mass is 9.85. The topological polar surface area (TPSA) is 0 Å². The highest BCUT2D eigenvalue weighted by Crippen LogP contribution is 2.24. The highest BCUT2D eigenvalue weighted by molar-refractivity contribution is 5.02. The highest BCUT2D eigenvalue weighted by Gasteiger charge is 2.13. The van der Waals surface area contributed by atoms with E-state index in [2.05, 4.69) is 33.9 Å². The van der Waals surface area contributed by atoms with E-state index in [1.807, 2.05) is 6.08 Å². The minimum absolute atomic E-state index is 0.637. The van der Waals surface area contributed by atoms with Crippen molar-refractivity contribution in [3.8, 4) is 0 Å². The molecule has 0 aromatic carbocycles. The third-order valence-corrected chi connectivity index (χ3v) is 2.20. The van der Waals surface area contributed by atoms with Crippen LogP contribution in [0.25, 0.3) is 0 Å². The molecule has 0 rings (SSSR count). The maximum atomic E-state index is 4.07. The van der Waals surface area contributed by atoms with Gasteiger partial charge in [0.1, 0.15) is 0 Å². The van der Waals surface area contributed by atoms with Crippen molar-refractivity contribution in [2.75, 3.05) is 0 Å². The van der Waals surface area contributed by atoms with Crippen molar-refractivity contribution < 1.29 is 0 Å². The first kappa shape index (κ1) is 10.5. The van der Waals surface area contributed by atoms with Gasteiger partial charge < -0.3 is 0 Å². The molecule has 0 nitrogen and oxygen atoms in total. The van der Waals surface area contributed by atoms with Crippen LogP contribution in [0.15, 0.2) is 24.8 Å². The summed E-state index contributed by atoms with van der Waals surface area (Å²) in [6, 6.07) is 0.